The molecule has 4 aromatic rings. The fourth-order valence-corrected chi connectivity index (χ4v) is 4.66. The van der Waals surface area contributed by atoms with Gasteiger partial charge in [-0.2, -0.15) is 0 Å². The highest BCUT2D eigenvalue weighted by atomic mass is 19.1. The van der Waals surface area contributed by atoms with Crippen molar-refractivity contribution in [3.05, 3.63) is 102 Å². The van der Waals surface area contributed by atoms with Crippen molar-refractivity contribution in [3.8, 4) is 0 Å². The SMILES string of the molecule is O=C(Cc1ccc(NC(=O)c2cc3ccccc3o2)cc1)NCC1(c2cccc(F)c2)CCOCC1. The Morgan fingerprint density at radius 2 is 1.69 bits per heavy atom. The number of benzene rings is 3. The Labute approximate surface area is 208 Å². The summed E-state index contributed by atoms with van der Waals surface area (Å²) < 4.78 is 25.0. The molecule has 36 heavy (non-hydrogen) atoms. The van der Waals surface area contributed by atoms with E-state index in [2.05, 4.69) is 10.6 Å². The molecule has 2 amide bonds. The van der Waals surface area contributed by atoms with Crippen molar-refractivity contribution in [1.82, 2.24) is 5.32 Å². The third kappa shape index (κ3) is 5.31. The standard InChI is InChI=1S/C29H27FN2O4/c30-23-6-3-5-22(18-23)29(12-14-35-15-13-29)19-31-27(33)16-20-8-10-24(11-9-20)32-28(34)26-17-21-4-1-2-7-25(21)36-26/h1-11,17-18H,12-16,19H2,(H,31,33)(H,32,34). The van der Waals surface area contributed by atoms with E-state index in [1.807, 2.05) is 42.5 Å². The molecule has 6 nitrogen and oxygen atoms in total. The highest BCUT2D eigenvalue weighted by Gasteiger charge is 2.35. The summed E-state index contributed by atoms with van der Waals surface area (Å²) in [5, 5.41) is 6.73. The van der Waals surface area contributed by atoms with Gasteiger partial charge in [-0.05, 0) is 60.4 Å². The number of rotatable bonds is 7. The van der Waals surface area contributed by atoms with E-state index in [0.29, 0.717) is 31.0 Å². The zero-order chi connectivity index (χ0) is 25.0. The first-order valence-electron chi connectivity index (χ1n) is 12.0. The number of amides is 2. The van der Waals surface area contributed by atoms with Crippen LogP contribution in [0, 0.1) is 5.82 Å². The van der Waals surface area contributed by atoms with Crippen molar-refractivity contribution >= 4 is 28.5 Å². The Kier molecular flexibility index (Phi) is 6.82. The minimum Gasteiger partial charge on any atom is -0.451 e. The predicted octanol–water partition coefficient (Wildman–Crippen LogP) is 5.23. The van der Waals surface area contributed by atoms with E-state index < -0.39 is 0 Å². The van der Waals surface area contributed by atoms with Gasteiger partial charge in [-0.15, -0.1) is 0 Å². The largest absolute Gasteiger partial charge is 0.451 e. The molecule has 0 aliphatic carbocycles. The fourth-order valence-electron chi connectivity index (χ4n) is 4.66. The molecule has 1 aliphatic heterocycles. The molecule has 0 bridgehead atoms. The number of hydrogen-bond donors (Lipinski definition) is 2. The van der Waals surface area contributed by atoms with Gasteiger partial charge in [0.05, 0.1) is 6.42 Å². The van der Waals surface area contributed by atoms with E-state index >= 15 is 0 Å². The molecule has 1 saturated heterocycles. The van der Waals surface area contributed by atoms with Gasteiger partial charge in [0.15, 0.2) is 5.76 Å². The molecular weight excluding hydrogens is 459 g/mol. The van der Waals surface area contributed by atoms with Crippen molar-refractivity contribution in [2.45, 2.75) is 24.7 Å². The minimum absolute atomic E-state index is 0.115. The number of fused-ring (bicyclic) bond motifs is 1. The van der Waals surface area contributed by atoms with Gasteiger partial charge in [0, 0.05) is 36.2 Å². The Morgan fingerprint density at radius 3 is 2.44 bits per heavy atom. The lowest BCUT2D eigenvalue weighted by Crippen LogP contribution is -2.45. The van der Waals surface area contributed by atoms with Crippen LogP contribution in [0.15, 0.2) is 83.3 Å². The van der Waals surface area contributed by atoms with Gasteiger partial charge in [0.1, 0.15) is 11.4 Å². The van der Waals surface area contributed by atoms with Crippen LogP contribution in [0.2, 0.25) is 0 Å². The molecule has 0 radical (unpaired) electrons. The Balaban J connectivity index is 1.18. The zero-order valence-electron chi connectivity index (χ0n) is 19.8. The Hall–Kier alpha value is -3.97. The first-order chi connectivity index (χ1) is 17.5. The molecule has 0 atom stereocenters. The third-order valence-corrected chi connectivity index (χ3v) is 6.74. The average molecular weight is 487 g/mol. The molecule has 0 spiro atoms. The van der Waals surface area contributed by atoms with Gasteiger partial charge >= 0.3 is 0 Å². The normalized spacial score (nSPS) is 14.9. The maximum Gasteiger partial charge on any atom is 0.291 e. The summed E-state index contributed by atoms with van der Waals surface area (Å²) in [5.74, 6) is -0.496. The number of nitrogens with one attached hydrogen (secondary N) is 2. The Bertz CT molecular complexity index is 1340. The van der Waals surface area contributed by atoms with Gasteiger partial charge in [0.25, 0.3) is 5.91 Å². The van der Waals surface area contributed by atoms with Crippen LogP contribution in [0.25, 0.3) is 11.0 Å². The smallest absolute Gasteiger partial charge is 0.291 e. The van der Waals surface area contributed by atoms with Crippen molar-refractivity contribution in [2.75, 3.05) is 25.1 Å². The third-order valence-electron chi connectivity index (χ3n) is 6.74. The van der Waals surface area contributed by atoms with E-state index in [1.54, 1.807) is 30.3 Å². The predicted molar refractivity (Wildman–Crippen MR) is 135 cm³/mol. The van der Waals surface area contributed by atoms with Crippen LogP contribution in [0.1, 0.15) is 34.5 Å². The second kappa shape index (κ2) is 10.3. The van der Waals surface area contributed by atoms with E-state index in [1.165, 1.54) is 6.07 Å². The highest BCUT2D eigenvalue weighted by molar-refractivity contribution is 6.04. The van der Waals surface area contributed by atoms with Crippen molar-refractivity contribution < 1.29 is 23.1 Å². The molecule has 2 heterocycles. The van der Waals surface area contributed by atoms with Crippen LogP contribution in [0.4, 0.5) is 10.1 Å². The van der Waals surface area contributed by atoms with Crippen LogP contribution in [-0.4, -0.2) is 31.6 Å². The topological polar surface area (TPSA) is 80.6 Å². The quantitative estimate of drug-likeness (QED) is 0.375. The minimum atomic E-state index is -0.346. The molecule has 1 aromatic heterocycles. The average Bonchev–Trinajstić information content (AvgIpc) is 3.34. The van der Waals surface area contributed by atoms with E-state index in [9.17, 15) is 14.0 Å². The summed E-state index contributed by atoms with van der Waals surface area (Å²) in [6, 6.07) is 22.9. The zero-order valence-corrected chi connectivity index (χ0v) is 19.8. The molecule has 2 N–H and O–H groups in total. The number of para-hydroxylation sites is 1. The van der Waals surface area contributed by atoms with Crippen molar-refractivity contribution in [3.63, 3.8) is 0 Å². The molecule has 0 saturated carbocycles. The number of ether oxygens (including phenoxy) is 1. The van der Waals surface area contributed by atoms with E-state index in [-0.39, 0.29) is 35.2 Å². The molecule has 5 rings (SSSR count). The maximum absolute atomic E-state index is 13.9. The van der Waals surface area contributed by atoms with E-state index in [4.69, 9.17) is 9.15 Å². The number of carbonyl (C=O) groups is 2. The lowest BCUT2D eigenvalue weighted by atomic mass is 9.74. The second-order valence-corrected chi connectivity index (χ2v) is 9.16. The first kappa shape index (κ1) is 23.8. The number of anilines is 1. The number of furan rings is 1. The van der Waals surface area contributed by atoms with Gasteiger partial charge in [-0.1, -0.05) is 42.5 Å². The number of hydrogen-bond acceptors (Lipinski definition) is 4. The number of halogens is 1. The van der Waals surface area contributed by atoms with E-state index in [0.717, 1.165) is 29.4 Å². The molecule has 1 aliphatic rings. The molecule has 184 valence electrons. The van der Waals surface area contributed by atoms with Crippen molar-refractivity contribution in [1.29, 1.82) is 0 Å². The Morgan fingerprint density at radius 1 is 0.917 bits per heavy atom. The monoisotopic (exact) mass is 486 g/mol. The van der Waals surface area contributed by atoms with Crippen LogP contribution in [0.3, 0.4) is 0 Å². The van der Waals surface area contributed by atoms with Gasteiger partial charge in [-0.3, -0.25) is 9.59 Å². The summed E-state index contributed by atoms with van der Waals surface area (Å²) in [7, 11) is 0. The summed E-state index contributed by atoms with van der Waals surface area (Å²) in [6.45, 7) is 1.57. The van der Waals surface area contributed by atoms with Gasteiger partial charge in [0.2, 0.25) is 5.91 Å². The molecule has 7 heteroatoms. The second-order valence-electron chi connectivity index (χ2n) is 9.16. The lowest BCUT2D eigenvalue weighted by Gasteiger charge is -2.38. The van der Waals surface area contributed by atoms with Crippen LogP contribution in [-0.2, 0) is 21.4 Å². The van der Waals surface area contributed by atoms with Gasteiger partial charge in [-0.25, -0.2) is 4.39 Å². The lowest BCUT2D eigenvalue weighted by molar-refractivity contribution is -0.121. The molecule has 0 unspecified atom stereocenters. The maximum atomic E-state index is 13.9. The summed E-state index contributed by atoms with van der Waals surface area (Å²) in [4.78, 5) is 25.3. The summed E-state index contributed by atoms with van der Waals surface area (Å²) in [6.07, 6.45) is 1.64. The number of carbonyl (C=O) groups excluding carboxylic acids is 2. The fraction of sp³-hybridized carbons (Fsp3) is 0.241. The van der Waals surface area contributed by atoms with Gasteiger partial charge < -0.3 is 19.8 Å². The summed E-state index contributed by atoms with van der Waals surface area (Å²) >= 11 is 0. The molecule has 3 aromatic carbocycles. The van der Waals surface area contributed by atoms with Crippen LogP contribution >= 0.6 is 0 Å². The molecular formula is C29H27FN2O4. The first-order valence-corrected chi connectivity index (χ1v) is 12.0. The van der Waals surface area contributed by atoms with Crippen molar-refractivity contribution in [2.24, 2.45) is 0 Å². The van der Waals surface area contributed by atoms with Crippen LogP contribution in [0.5, 0.6) is 0 Å². The summed E-state index contributed by atoms with van der Waals surface area (Å²) in [5.41, 5.74) is 2.62. The molecule has 1 fully saturated rings. The highest BCUT2D eigenvalue weighted by Crippen LogP contribution is 2.34. The van der Waals surface area contributed by atoms with Crippen LogP contribution < -0.4 is 10.6 Å².